The van der Waals surface area contributed by atoms with Gasteiger partial charge in [0.1, 0.15) is 10.8 Å². The van der Waals surface area contributed by atoms with Gasteiger partial charge in [0.05, 0.1) is 61.5 Å². The molecule has 21 heteroatoms. The summed E-state index contributed by atoms with van der Waals surface area (Å²) in [4.78, 5) is 65.1. The second-order valence-electron chi connectivity index (χ2n) is 14.7. The molecule has 7 rings (SSSR count). The summed E-state index contributed by atoms with van der Waals surface area (Å²) >= 11 is 8.54. The lowest BCUT2D eigenvalue weighted by Crippen LogP contribution is -2.28. The molecule has 0 saturated heterocycles. The first-order valence-electron chi connectivity index (χ1n) is 20.5. The van der Waals surface area contributed by atoms with Gasteiger partial charge in [0, 0.05) is 23.6 Å². The Morgan fingerprint density at radius 1 is 0.681 bits per heavy atom. The van der Waals surface area contributed by atoms with Crippen LogP contribution in [0, 0.1) is 0 Å². The summed E-state index contributed by atoms with van der Waals surface area (Å²) in [5, 5.41) is 18.3. The second kappa shape index (κ2) is 29.1. The van der Waals surface area contributed by atoms with Crippen molar-refractivity contribution >= 4 is 68.9 Å². The van der Waals surface area contributed by atoms with E-state index in [-0.39, 0.29) is 54.7 Å². The second-order valence-corrected chi connectivity index (χ2v) is 17.4. The largest absolute Gasteiger partial charge is 0.476 e. The number of nitrogens with zero attached hydrogens (tertiary/aromatic N) is 8. The molecule has 368 valence electrons. The van der Waals surface area contributed by atoms with Crippen LogP contribution in [0.1, 0.15) is 103 Å². The molecule has 0 amide bonds. The van der Waals surface area contributed by atoms with E-state index < -0.39 is 11.9 Å². The van der Waals surface area contributed by atoms with E-state index >= 15 is 0 Å². The zero-order valence-corrected chi connectivity index (χ0v) is 39.3. The molecule has 69 heavy (non-hydrogen) atoms. The standard InChI is InChI=1S/C21H24N4O2S.C11H15N3S.C9H10N2O3.C5H3ClN2O2.2CH4/c1-3-4-9-27-19-14-23-17(13-24-19)18(26)12-15-6-5-7-16(11-15)21(2)8-10-28-20(22)25-21;1-11(5-6-15-10(13)14-11)8-3-2-4-9(12)7-8;1-2-3-4-14-8-6-10-7(5-11-8)9(12)13;6-4-2-7-3(1-8-4)5(9)10;;/h3,5-7,11,13-14H,1,4,8-10,12H2,2H3,(H2,22,25);2-4,7H,5-6,12H2,1H3,(H2,13,14);2,5-6H,1,3-4H2,(H,12,13);1-2H,(H,9,10);2*1H4/t21-;;;;;/m0...../s1. The Bertz CT molecular complexity index is 2520. The van der Waals surface area contributed by atoms with E-state index in [1.54, 1.807) is 35.7 Å². The summed E-state index contributed by atoms with van der Waals surface area (Å²) in [7, 11) is 0. The van der Waals surface area contributed by atoms with Crippen LogP contribution in [0.2, 0.25) is 5.15 Å². The van der Waals surface area contributed by atoms with Crippen molar-refractivity contribution in [3.63, 3.8) is 0 Å². The maximum absolute atomic E-state index is 12.6. The highest BCUT2D eigenvalue weighted by molar-refractivity contribution is 8.14. The van der Waals surface area contributed by atoms with Gasteiger partial charge in [-0.1, -0.05) is 98.5 Å². The Morgan fingerprint density at radius 2 is 1.14 bits per heavy atom. The Balaban J connectivity index is 0.000000339. The van der Waals surface area contributed by atoms with Crippen LogP contribution >= 0.6 is 35.1 Å². The molecule has 3 aromatic heterocycles. The first kappa shape index (κ1) is 58.2. The number of Topliss-reactive ketones (excluding diaryl/α,β-unsaturated/α-hetero) is 1. The van der Waals surface area contributed by atoms with Gasteiger partial charge in [-0.3, -0.25) is 14.8 Å². The van der Waals surface area contributed by atoms with Crippen molar-refractivity contribution in [1.29, 1.82) is 0 Å². The first-order chi connectivity index (χ1) is 32.0. The fraction of sp³-hybridized carbons (Fsp3) is 0.312. The number of thioether (sulfide) groups is 2. The lowest BCUT2D eigenvalue weighted by Gasteiger charge is -2.30. The Hall–Kier alpha value is -6.90. The van der Waals surface area contributed by atoms with Crippen molar-refractivity contribution < 1.29 is 34.1 Å². The van der Waals surface area contributed by atoms with Gasteiger partial charge >= 0.3 is 11.9 Å². The average molecular weight is 1000 g/mol. The van der Waals surface area contributed by atoms with E-state index in [2.05, 4.69) is 73.0 Å². The number of nitrogens with two attached hydrogens (primary N) is 3. The highest BCUT2D eigenvalue weighted by Gasteiger charge is 2.30. The number of carboxylic acid groups (broad SMARTS) is 2. The number of aromatic carboxylic acids is 2. The van der Waals surface area contributed by atoms with E-state index in [1.807, 2.05) is 42.5 Å². The van der Waals surface area contributed by atoms with Crippen molar-refractivity contribution in [2.75, 3.05) is 30.5 Å². The highest BCUT2D eigenvalue weighted by atomic mass is 35.5. The number of hydrogen-bond donors (Lipinski definition) is 5. The molecule has 2 aliphatic rings. The third kappa shape index (κ3) is 19.3. The summed E-state index contributed by atoms with van der Waals surface area (Å²) < 4.78 is 10.6. The zero-order valence-electron chi connectivity index (χ0n) is 37.0. The van der Waals surface area contributed by atoms with Gasteiger partial charge in [-0.15, -0.1) is 13.2 Å². The van der Waals surface area contributed by atoms with Crippen LogP contribution in [0.15, 0.2) is 121 Å². The predicted molar refractivity (Wildman–Crippen MR) is 277 cm³/mol. The molecule has 18 nitrogen and oxygen atoms in total. The molecule has 0 radical (unpaired) electrons. The molecule has 2 aliphatic heterocycles. The smallest absolute Gasteiger partial charge is 0.356 e. The number of ether oxygens (including phenoxy) is 2. The summed E-state index contributed by atoms with van der Waals surface area (Å²) in [6, 6.07) is 15.9. The molecular formula is C48H60ClN11O7S2. The maximum Gasteiger partial charge on any atom is 0.356 e. The molecule has 0 bridgehead atoms. The third-order valence-corrected chi connectivity index (χ3v) is 11.3. The molecule has 0 aliphatic carbocycles. The Kier molecular flexibility index (Phi) is 24.5. The Morgan fingerprint density at radius 3 is 1.57 bits per heavy atom. The number of aliphatic imine (C=N–C) groups is 2. The SMILES string of the molecule is C.C.C=CCCOc1cnc(C(=O)Cc2cccc([C@]3(C)CCSC(N)=N3)c2)cn1.C=CCCOc1cnc(C(=O)O)cn1.CC1(c2cccc(N)c2)CCSC(N)=N1.O=C(O)c1cnc(Cl)cn1. The summed E-state index contributed by atoms with van der Waals surface area (Å²) in [5.41, 5.74) is 20.9. The molecule has 5 aromatic rings. The minimum Gasteiger partial charge on any atom is -0.476 e. The Labute approximate surface area is 416 Å². The van der Waals surface area contributed by atoms with Crippen molar-refractivity contribution in [3.05, 3.63) is 150 Å². The number of carbonyl (C=O) groups is 3. The van der Waals surface area contributed by atoms with Gasteiger partial charge in [0.25, 0.3) is 0 Å². The monoisotopic (exact) mass is 1000 g/mol. The topological polar surface area (TPSA) is 290 Å². The summed E-state index contributed by atoms with van der Waals surface area (Å²) in [6.45, 7) is 12.3. The van der Waals surface area contributed by atoms with Gasteiger partial charge in [-0.2, -0.15) is 0 Å². The average Bonchev–Trinajstić information content (AvgIpc) is 3.30. The van der Waals surface area contributed by atoms with Crippen LogP contribution in [0.4, 0.5) is 5.69 Å². The van der Waals surface area contributed by atoms with Crippen LogP contribution in [0.5, 0.6) is 11.8 Å². The van der Waals surface area contributed by atoms with Gasteiger partial charge in [0.15, 0.2) is 27.5 Å². The van der Waals surface area contributed by atoms with Crippen molar-refractivity contribution in [1.82, 2.24) is 29.9 Å². The number of aromatic nitrogens is 6. The zero-order chi connectivity index (χ0) is 48.8. The number of carbonyl (C=O) groups excluding carboxylic acids is 1. The van der Waals surface area contributed by atoms with Crippen LogP contribution < -0.4 is 26.7 Å². The number of hydrogen-bond acceptors (Lipinski definition) is 18. The van der Waals surface area contributed by atoms with Crippen molar-refractivity contribution in [2.24, 2.45) is 21.5 Å². The number of benzene rings is 2. The summed E-state index contributed by atoms with van der Waals surface area (Å²) in [5.74, 6) is 0.372. The molecule has 0 spiro atoms. The van der Waals surface area contributed by atoms with Crippen molar-refractivity contribution in [3.8, 4) is 11.8 Å². The third-order valence-electron chi connectivity index (χ3n) is 9.56. The van der Waals surface area contributed by atoms with Crippen LogP contribution in [-0.2, 0) is 17.5 Å². The van der Waals surface area contributed by atoms with Gasteiger partial charge in [0.2, 0.25) is 11.8 Å². The van der Waals surface area contributed by atoms with Crippen LogP contribution in [-0.4, -0.2) is 92.9 Å². The minimum absolute atomic E-state index is 0. The fourth-order valence-corrected chi connectivity index (χ4v) is 7.95. The fourth-order valence-electron chi connectivity index (χ4n) is 5.91. The van der Waals surface area contributed by atoms with E-state index in [0.717, 1.165) is 65.5 Å². The summed E-state index contributed by atoms with van der Waals surface area (Å²) in [6.07, 6.45) is 14.8. The maximum atomic E-state index is 12.6. The molecular weight excluding hydrogens is 942 g/mol. The first-order valence-corrected chi connectivity index (χ1v) is 22.9. The molecule has 8 N–H and O–H groups in total. The van der Waals surface area contributed by atoms with Crippen molar-refractivity contribution in [2.45, 2.75) is 71.9 Å². The molecule has 2 aromatic carbocycles. The lowest BCUT2D eigenvalue weighted by atomic mass is 9.88. The molecule has 0 saturated carbocycles. The van der Waals surface area contributed by atoms with Gasteiger partial charge < -0.3 is 36.9 Å². The molecule has 2 atom stereocenters. The lowest BCUT2D eigenvalue weighted by molar-refractivity contribution is 0.0679. The molecule has 1 unspecified atom stereocenters. The van der Waals surface area contributed by atoms with E-state index in [4.69, 9.17) is 48.5 Å². The number of carboxylic acids is 2. The number of nitrogen functional groups attached to an aromatic ring is 1. The van der Waals surface area contributed by atoms with Gasteiger partial charge in [-0.25, -0.2) is 39.5 Å². The normalized spacial score (nSPS) is 16.6. The molecule has 5 heterocycles. The van der Waals surface area contributed by atoms with E-state index in [1.165, 1.54) is 24.8 Å². The minimum atomic E-state index is -1.11. The van der Waals surface area contributed by atoms with Crippen LogP contribution in [0.3, 0.4) is 0 Å². The highest BCUT2D eigenvalue weighted by Crippen LogP contribution is 2.36. The molecule has 0 fully saturated rings. The number of anilines is 1. The quantitative estimate of drug-likeness (QED) is 0.0283. The predicted octanol–water partition coefficient (Wildman–Crippen LogP) is 8.69. The van der Waals surface area contributed by atoms with E-state index in [9.17, 15) is 14.4 Å². The van der Waals surface area contributed by atoms with Crippen LogP contribution in [0.25, 0.3) is 0 Å². The van der Waals surface area contributed by atoms with Gasteiger partial charge in [-0.05, 0) is 68.4 Å². The number of amidine groups is 2. The number of rotatable bonds is 15. The van der Waals surface area contributed by atoms with E-state index in [0.29, 0.717) is 47.4 Å². The number of ketones is 1. The number of halogens is 1.